The molecular formula is C15H10Cl2O. The van der Waals surface area contributed by atoms with E-state index in [1.807, 2.05) is 36.4 Å². The van der Waals surface area contributed by atoms with Crippen molar-refractivity contribution < 1.29 is 4.74 Å². The van der Waals surface area contributed by atoms with Gasteiger partial charge in [0.15, 0.2) is 0 Å². The van der Waals surface area contributed by atoms with Crippen LogP contribution in [0.4, 0.5) is 0 Å². The highest BCUT2D eigenvalue weighted by molar-refractivity contribution is 6.41. The van der Waals surface area contributed by atoms with Crippen LogP contribution in [-0.2, 0) is 0 Å². The summed E-state index contributed by atoms with van der Waals surface area (Å²) in [5.74, 6) is 0.803. The number of fused-ring (bicyclic) bond motifs is 2. The van der Waals surface area contributed by atoms with Crippen LogP contribution in [0.5, 0.6) is 5.75 Å². The Morgan fingerprint density at radius 1 is 0.833 bits per heavy atom. The van der Waals surface area contributed by atoms with Crippen molar-refractivity contribution in [1.82, 2.24) is 0 Å². The van der Waals surface area contributed by atoms with Gasteiger partial charge in [-0.15, -0.1) is 0 Å². The molecule has 3 heteroatoms. The molecular weight excluding hydrogens is 267 g/mol. The number of hydrogen-bond acceptors (Lipinski definition) is 1. The van der Waals surface area contributed by atoms with E-state index in [1.165, 1.54) is 0 Å². The molecule has 0 spiro atoms. The van der Waals surface area contributed by atoms with Gasteiger partial charge in [0.1, 0.15) is 5.75 Å². The van der Waals surface area contributed by atoms with E-state index in [2.05, 4.69) is 6.07 Å². The second kappa shape index (κ2) is 4.34. The van der Waals surface area contributed by atoms with Crippen LogP contribution in [-0.4, -0.2) is 7.11 Å². The summed E-state index contributed by atoms with van der Waals surface area (Å²) >= 11 is 12.5. The van der Waals surface area contributed by atoms with Crippen molar-refractivity contribution in [3.05, 3.63) is 52.5 Å². The van der Waals surface area contributed by atoms with Crippen molar-refractivity contribution in [1.29, 1.82) is 0 Å². The number of methoxy groups -OCH3 is 1. The first-order chi connectivity index (χ1) is 8.69. The van der Waals surface area contributed by atoms with Crippen LogP contribution in [0.2, 0.25) is 10.0 Å². The third kappa shape index (κ3) is 1.80. The van der Waals surface area contributed by atoms with Gasteiger partial charge >= 0.3 is 0 Å². The fraction of sp³-hybridized carbons (Fsp3) is 0.0667. The van der Waals surface area contributed by atoms with E-state index in [0.29, 0.717) is 5.02 Å². The molecule has 18 heavy (non-hydrogen) atoms. The molecule has 3 rings (SSSR count). The molecule has 0 amide bonds. The third-order valence-corrected chi connectivity index (χ3v) is 3.70. The van der Waals surface area contributed by atoms with Crippen LogP contribution < -0.4 is 4.74 Å². The fourth-order valence-corrected chi connectivity index (χ4v) is 2.66. The van der Waals surface area contributed by atoms with Crippen molar-refractivity contribution in [2.24, 2.45) is 0 Å². The number of ether oxygens (including phenoxy) is 1. The van der Waals surface area contributed by atoms with Crippen LogP contribution in [0.3, 0.4) is 0 Å². The zero-order chi connectivity index (χ0) is 12.7. The predicted octanol–water partition coefficient (Wildman–Crippen LogP) is 5.31. The highest BCUT2D eigenvalue weighted by Crippen LogP contribution is 2.35. The Bertz CT molecular complexity index is 750. The first-order valence-electron chi connectivity index (χ1n) is 5.54. The van der Waals surface area contributed by atoms with Crippen LogP contribution in [0.25, 0.3) is 21.5 Å². The summed E-state index contributed by atoms with van der Waals surface area (Å²) in [5.41, 5.74) is 0. The van der Waals surface area contributed by atoms with Gasteiger partial charge in [0.2, 0.25) is 0 Å². The molecule has 90 valence electrons. The van der Waals surface area contributed by atoms with E-state index in [0.717, 1.165) is 32.3 Å². The van der Waals surface area contributed by atoms with E-state index >= 15 is 0 Å². The topological polar surface area (TPSA) is 9.23 Å². The first-order valence-corrected chi connectivity index (χ1v) is 6.30. The minimum Gasteiger partial charge on any atom is -0.497 e. The maximum atomic E-state index is 6.46. The third-order valence-electron chi connectivity index (χ3n) is 3.06. The molecule has 3 aromatic carbocycles. The highest BCUT2D eigenvalue weighted by Gasteiger charge is 2.07. The van der Waals surface area contributed by atoms with Gasteiger partial charge in [0.05, 0.1) is 12.1 Å². The second-order valence-corrected chi connectivity index (χ2v) is 4.96. The first kappa shape index (κ1) is 11.6. The van der Waals surface area contributed by atoms with Gasteiger partial charge in [-0.05, 0) is 41.1 Å². The lowest BCUT2D eigenvalue weighted by Gasteiger charge is -2.08. The monoisotopic (exact) mass is 276 g/mol. The molecule has 0 aliphatic carbocycles. The summed E-state index contributed by atoms with van der Waals surface area (Å²) in [6.45, 7) is 0. The summed E-state index contributed by atoms with van der Waals surface area (Å²) in [6.07, 6.45) is 0. The Hall–Kier alpha value is -1.44. The van der Waals surface area contributed by atoms with Crippen LogP contribution >= 0.6 is 23.2 Å². The number of rotatable bonds is 1. The molecule has 0 saturated heterocycles. The zero-order valence-corrected chi connectivity index (χ0v) is 11.2. The lowest BCUT2D eigenvalue weighted by atomic mass is 10.0. The van der Waals surface area contributed by atoms with E-state index in [1.54, 1.807) is 7.11 Å². The van der Waals surface area contributed by atoms with Gasteiger partial charge in [-0.3, -0.25) is 0 Å². The van der Waals surface area contributed by atoms with E-state index in [-0.39, 0.29) is 0 Å². The van der Waals surface area contributed by atoms with Gasteiger partial charge in [0.25, 0.3) is 0 Å². The van der Waals surface area contributed by atoms with E-state index in [4.69, 9.17) is 27.9 Å². The normalized spacial score (nSPS) is 11.1. The Kier molecular flexibility index (Phi) is 2.81. The Morgan fingerprint density at radius 2 is 1.67 bits per heavy atom. The van der Waals surface area contributed by atoms with E-state index < -0.39 is 0 Å². The minimum atomic E-state index is 0.714. The standard InChI is InChI=1S/C15H10Cl2O/c1-18-12-4-2-9-6-10-7-11(16)3-5-13(10)15(17)14(9)8-12/h2-8H,1H3. The molecule has 0 radical (unpaired) electrons. The van der Waals surface area contributed by atoms with Crippen molar-refractivity contribution in [3.63, 3.8) is 0 Å². The van der Waals surface area contributed by atoms with Gasteiger partial charge in [-0.2, -0.15) is 0 Å². The molecule has 0 N–H and O–H groups in total. The summed E-state index contributed by atoms with van der Waals surface area (Å²) in [7, 11) is 1.65. The molecule has 0 atom stereocenters. The molecule has 0 heterocycles. The predicted molar refractivity (Wildman–Crippen MR) is 78.0 cm³/mol. The molecule has 0 saturated carbocycles. The summed E-state index contributed by atoms with van der Waals surface area (Å²) in [5, 5.41) is 5.57. The second-order valence-electron chi connectivity index (χ2n) is 4.14. The molecule has 0 aromatic heterocycles. The molecule has 0 bridgehead atoms. The highest BCUT2D eigenvalue weighted by atomic mass is 35.5. The summed E-state index contributed by atoms with van der Waals surface area (Å²) < 4.78 is 5.23. The molecule has 3 aromatic rings. The smallest absolute Gasteiger partial charge is 0.119 e. The van der Waals surface area contributed by atoms with Crippen LogP contribution in [0.15, 0.2) is 42.5 Å². The average molecular weight is 277 g/mol. The Morgan fingerprint density at radius 3 is 2.44 bits per heavy atom. The fourth-order valence-electron chi connectivity index (χ4n) is 2.14. The van der Waals surface area contributed by atoms with E-state index in [9.17, 15) is 0 Å². The Balaban J connectivity index is 2.44. The largest absolute Gasteiger partial charge is 0.497 e. The van der Waals surface area contributed by atoms with Crippen molar-refractivity contribution in [2.45, 2.75) is 0 Å². The molecule has 0 unspecified atom stereocenters. The molecule has 0 aliphatic heterocycles. The lowest BCUT2D eigenvalue weighted by molar-refractivity contribution is 0.415. The van der Waals surface area contributed by atoms with Crippen molar-refractivity contribution >= 4 is 44.7 Å². The Labute approximate surface area is 115 Å². The van der Waals surface area contributed by atoms with Crippen LogP contribution in [0.1, 0.15) is 0 Å². The van der Waals surface area contributed by atoms with Gasteiger partial charge < -0.3 is 4.74 Å². The number of hydrogen-bond donors (Lipinski definition) is 0. The molecule has 0 fully saturated rings. The zero-order valence-electron chi connectivity index (χ0n) is 9.71. The van der Waals surface area contributed by atoms with Crippen molar-refractivity contribution in [3.8, 4) is 5.75 Å². The SMILES string of the molecule is COc1ccc2cc3cc(Cl)ccc3c(Cl)c2c1. The minimum absolute atomic E-state index is 0.714. The van der Waals surface area contributed by atoms with Gasteiger partial charge in [-0.25, -0.2) is 0 Å². The number of halogens is 2. The molecule has 1 nitrogen and oxygen atoms in total. The maximum Gasteiger partial charge on any atom is 0.119 e. The van der Waals surface area contributed by atoms with Crippen molar-refractivity contribution in [2.75, 3.05) is 7.11 Å². The van der Waals surface area contributed by atoms with Crippen LogP contribution in [0, 0.1) is 0 Å². The summed E-state index contributed by atoms with van der Waals surface area (Å²) in [4.78, 5) is 0. The average Bonchev–Trinajstić information content (AvgIpc) is 2.38. The molecule has 0 aliphatic rings. The maximum absolute atomic E-state index is 6.46. The lowest BCUT2D eigenvalue weighted by Crippen LogP contribution is -1.84. The summed E-state index contributed by atoms with van der Waals surface area (Å²) in [6, 6.07) is 13.7. The quantitative estimate of drug-likeness (QED) is 0.548. The number of benzene rings is 3. The van der Waals surface area contributed by atoms with Gasteiger partial charge in [-0.1, -0.05) is 35.3 Å². The van der Waals surface area contributed by atoms with Gasteiger partial charge in [0, 0.05) is 15.8 Å².